The number of amides is 1. The van der Waals surface area contributed by atoms with Crippen molar-refractivity contribution in [1.82, 2.24) is 8.87 Å². The van der Waals surface area contributed by atoms with Crippen LogP contribution in [0.15, 0.2) is 71.6 Å². The highest BCUT2D eigenvalue weighted by Crippen LogP contribution is 2.31. The van der Waals surface area contributed by atoms with Crippen LogP contribution in [0, 0.1) is 0 Å². The third-order valence-electron chi connectivity index (χ3n) is 6.49. The normalized spacial score (nSPS) is 19.3. The van der Waals surface area contributed by atoms with Gasteiger partial charge in [0.05, 0.1) is 17.1 Å². The average Bonchev–Trinajstić information content (AvgIpc) is 3.16. The van der Waals surface area contributed by atoms with Gasteiger partial charge < -0.3 is 14.6 Å². The molecule has 5 rings (SSSR count). The first-order valence-electron chi connectivity index (χ1n) is 11.9. The van der Waals surface area contributed by atoms with E-state index in [0.29, 0.717) is 24.3 Å². The molecule has 0 bridgehead atoms. The summed E-state index contributed by atoms with van der Waals surface area (Å²) in [6.45, 7) is 7.32. The molecule has 2 atom stereocenters. The maximum absolute atomic E-state index is 13.1. The van der Waals surface area contributed by atoms with Gasteiger partial charge in [-0.25, -0.2) is 8.42 Å². The van der Waals surface area contributed by atoms with Crippen LogP contribution in [-0.2, 0) is 21.3 Å². The topological polar surface area (TPSA) is 80.6 Å². The maximum atomic E-state index is 13.1. The Bertz CT molecular complexity index is 1500. The van der Waals surface area contributed by atoms with E-state index >= 15 is 0 Å². The number of ether oxygens (including phenoxy) is 1. The lowest BCUT2D eigenvalue weighted by Crippen LogP contribution is -2.48. The van der Waals surface area contributed by atoms with Gasteiger partial charge in [-0.3, -0.25) is 4.79 Å². The van der Waals surface area contributed by atoms with Crippen molar-refractivity contribution >= 4 is 43.4 Å². The molecule has 0 radical (unpaired) electrons. The highest BCUT2D eigenvalue weighted by Gasteiger charge is 2.32. The fraction of sp³-hybridized carbons (Fsp3) is 0.296. The van der Waals surface area contributed by atoms with Crippen LogP contribution < -0.4 is 5.32 Å². The summed E-state index contributed by atoms with van der Waals surface area (Å²) in [4.78, 5) is 13.1. The molecule has 2 heterocycles. The van der Waals surface area contributed by atoms with E-state index in [4.69, 9.17) is 4.74 Å². The van der Waals surface area contributed by atoms with Gasteiger partial charge >= 0.3 is 0 Å². The van der Waals surface area contributed by atoms with Crippen LogP contribution in [-0.4, -0.2) is 48.5 Å². The molecule has 0 saturated carbocycles. The number of hydrogen-bond donors (Lipinski definition) is 1. The van der Waals surface area contributed by atoms with Gasteiger partial charge in [0.1, 0.15) is 0 Å². The molecule has 1 aromatic heterocycles. The zero-order valence-corrected chi connectivity index (χ0v) is 20.9. The van der Waals surface area contributed by atoms with Crippen LogP contribution >= 0.6 is 0 Å². The van der Waals surface area contributed by atoms with Gasteiger partial charge in [-0.05, 0) is 69.3 Å². The van der Waals surface area contributed by atoms with E-state index in [9.17, 15) is 13.2 Å². The van der Waals surface area contributed by atoms with Gasteiger partial charge in [-0.15, -0.1) is 0 Å². The monoisotopic (exact) mass is 491 g/mol. The number of sulfonamides is 1. The van der Waals surface area contributed by atoms with Crippen molar-refractivity contribution in [2.24, 2.45) is 0 Å². The Hall–Kier alpha value is -3.20. The SMILES string of the molecule is CCn1c2ccccc2c2cc(NC(=O)c3ccc(S(=O)(=O)N4C[C@@H](C)O[C@@H](C)C4)cc3)ccc21. The predicted molar refractivity (Wildman–Crippen MR) is 138 cm³/mol. The first-order chi connectivity index (χ1) is 16.8. The van der Waals surface area contributed by atoms with Crippen molar-refractivity contribution < 1.29 is 17.9 Å². The summed E-state index contributed by atoms with van der Waals surface area (Å²) in [5, 5.41) is 5.17. The molecule has 1 fully saturated rings. The molecule has 182 valence electrons. The van der Waals surface area contributed by atoms with Crippen LogP contribution in [0.2, 0.25) is 0 Å². The molecule has 7 nitrogen and oxygen atoms in total. The highest BCUT2D eigenvalue weighted by molar-refractivity contribution is 7.89. The van der Waals surface area contributed by atoms with E-state index in [1.54, 1.807) is 12.1 Å². The van der Waals surface area contributed by atoms with Crippen molar-refractivity contribution in [3.05, 3.63) is 72.3 Å². The van der Waals surface area contributed by atoms with Gasteiger partial charge in [0, 0.05) is 52.7 Å². The fourth-order valence-electron chi connectivity index (χ4n) is 4.93. The number of anilines is 1. The summed E-state index contributed by atoms with van der Waals surface area (Å²) in [6.07, 6.45) is -0.329. The molecule has 1 N–H and O–H groups in total. The number of carbonyl (C=O) groups excluding carboxylic acids is 1. The van der Waals surface area contributed by atoms with Crippen LogP contribution in [0.4, 0.5) is 5.69 Å². The molecule has 0 spiro atoms. The molecule has 1 aliphatic rings. The molecule has 8 heteroatoms. The van der Waals surface area contributed by atoms with E-state index in [-0.39, 0.29) is 23.0 Å². The van der Waals surface area contributed by atoms with E-state index in [1.165, 1.54) is 16.4 Å². The summed E-state index contributed by atoms with van der Waals surface area (Å²) in [7, 11) is -3.66. The van der Waals surface area contributed by atoms with Crippen molar-refractivity contribution in [3.8, 4) is 0 Å². The smallest absolute Gasteiger partial charge is 0.255 e. The summed E-state index contributed by atoms with van der Waals surface area (Å²) < 4.78 is 35.5. The van der Waals surface area contributed by atoms with Crippen molar-refractivity contribution in [3.63, 3.8) is 0 Å². The number of fused-ring (bicyclic) bond motifs is 3. The second-order valence-corrected chi connectivity index (χ2v) is 11.0. The number of carbonyl (C=O) groups is 1. The maximum Gasteiger partial charge on any atom is 0.255 e. The van der Waals surface area contributed by atoms with E-state index in [2.05, 4.69) is 28.9 Å². The van der Waals surface area contributed by atoms with Gasteiger partial charge in [0.15, 0.2) is 0 Å². The minimum absolute atomic E-state index is 0.165. The van der Waals surface area contributed by atoms with Crippen molar-refractivity contribution in [2.75, 3.05) is 18.4 Å². The standard InChI is InChI=1S/C27H29N3O4S/c1-4-30-25-8-6-5-7-23(25)24-15-21(11-14-26(24)30)28-27(31)20-9-12-22(13-10-20)35(32,33)29-16-18(2)34-19(3)17-29/h5-15,18-19H,4,16-17H2,1-3H3,(H,28,31)/t18-,19+. The third kappa shape index (κ3) is 4.33. The first kappa shape index (κ1) is 23.5. The third-order valence-corrected chi connectivity index (χ3v) is 8.33. The number of para-hydroxylation sites is 1. The van der Waals surface area contributed by atoms with Crippen LogP contribution in [0.1, 0.15) is 31.1 Å². The highest BCUT2D eigenvalue weighted by atomic mass is 32.2. The molecule has 3 aromatic carbocycles. The summed E-state index contributed by atoms with van der Waals surface area (Å²) in [6, 6.07) is 20.2. The number of rotatable bonds is 5. The van der Waals surface area contributed by atoms with Gasteiger partial charge in [0.2, 0.25) is 10.0 Å². The van der Waals surface area contributed by atoms with Crippen LogP contribution in [0.3, 0.4) is 0 Å². The minimum Gasteiger partial charge on any atom is -0.373 e. The number of morpholine rings is 1. The molecule has 35 heavy (non-hydrogen) atoms. The second-order valence-electron chi connectivity index (χ2n) is 9.05. The average molecular weight is 492 g/mol. The number of aromatic nitrogens is 1. The van der Waals surface area contributed by atoms with Gasteiger partial charge in [0.25, 0.3) is 5.91 Å². The Kier molecular flexibility index (Phi) is 6.13. The quantitative estimate of drug-likeness (QED) is 0.432. The summed E-state index contributed by atoms with van der Waals surface area (Å²) >= 11 is 0. The summed E-state index contributed by atoms with van der Waals surface area (Å²) in [5.41, 5.74) is 3.36. The van der Waals surface area contributed by atoms with Gasteiger partial charge in [-0.1, -0.05) is 18.2 Å². The molecule has 0 aliphatic carbocycles. The number of aryl methyl sites for hydroxylation is 1. The number of nitrogens with zero attached hydrogens (tertiary/aromatic N) is 2. The van der Waals surface area contributed by atoms with Crippen LogP contribution in [0.25, 0.3) is 21.8 Å². The minimum atomic E-state index is -3.66. The van der Waals surface area contributed by atoms with Crippen molar-refractivity contribution in [1.29, 1.82) is 0 Å². The Morgan fingerprint density at radius 2 is 1.60 bits per heavy atom. The zero-order valence-electron chi connectivity index (χ0n) is 20.1. The molecule has 1 amide bonds. The van der Waals surface area contributed by atoms with E-state index < -0.39 is 10.0 Å². The van der Waals surface area contributed by atoms with Crippen molar-refractivity contribution in [2.45, 2.75) is 44.4 Å². The number of hydrogen-bond acceptors (Lipinski definition) is 4. The molecule has 4 aromatic rings. The van der Waals surface area contributed by atoms with E-state index in [1.807, 2.05) is 44.2 Å². The fourth-order valence-corrected chi connectivity index (χ4v) is 6.52. The largest absolute Gasteiger partial charge is 0.373 e. The first-order valence-corrected chi connectivity index (χ1v) is 13.3. The second kappa shape index (κ2) is 9.11. The predicted octanol–water partition coefficient (Wildman–Crippen LogP) is 4.86. The molecular weight excluding hydrogens is 462 g/mol. The van der Waals surface area contributed by atoms with E-state index in [0.717, 1.165) is 28.4 Å². The molecule has 0 unspecified atom stereocenters. The lowest BCUT2D eigenvalue weighted by Gasteiger charge is -2.34. The molecular formula is C27H29N3O4S. The lowest BCUT2D eigenvalue weighted by molar-refractivity contribution is -0.0440. The summed E-state index contributed by atoms with van der Waals surface area (Å²) in [5.74, 6) is -0.291. The van der Waals surface area contributed by atoms with Crippen LogP contribution in [0.5, 0.6) is 0 Å². The Labute approximate surface area is 205 Å². The molecule has 1 aliphatic heterocycles. The number of benzene rings is 3. The van der Waals surface area contributed by atoms with Gasteiger partial charge in [-0.2, -0.15) is 4.31 Å². The Morgan fingerprint density at radius 1 is 0.943 bits per heavy atom. The lowest BCUT2D eigenvalue weighted by atomic mass is 10.1. The number of nitrogens with one attached hydrogen (secondary N) is 1. The zero-order chi connectivity index (χ0) is 24.7. The Balaban J connectivity index is 1.37. The molecule has 1 saturated heterocycles. The Morgan fingerprint density at radius 3 is 2.29 bits per heavy atom.